The summed E-state index contributed by atoms with van der Waals surface area (Å²) >= 11 is 0. The lowest BCUT2D eigenvalue weighted by atomic mass is 10.2. The van der Waals surface area contributed by atoms with E-state index in [9.17, 15) is 9.90 Å². The van der Waals surface area contributed by atoms with Crippen LogP contribution in [0.15, 0.2) is 4.79 Å². The number of aromatic hydroxyl groups is 1. The lowest BCUT2D eigenvalue weighted by Crippen LogP contribution is -2.21. The van der Waals surface area contributed by atoms with Crippen molar-refractivity contribution in [1.82, 2.24) is 14.9 Å². The quantitative estimate of drug-likeness (QED) is 0.760. The summed E-state index contributed by atoms with van der Waals surface area (Å²) in [6.45, 7) is 2.46. The van der Waals surface area contributed by atoms with Crippen LogP contribution in [-0.2, 0) is 13.0 Å². The summed E-state index contributed by atoms with van der Waals surface area (Å²) in [5, 5.41) is 9.57. The van der Waals surface area contributed by atoms with Crippen molar-refractivity contribution in [2.75, 3.05) is 14.1 Å². The van der Waals surface area contributed by atoms with Crippen LogP contribution in [-0.4, -0.2) is 34.1 Å². The van der Waals surface area contributed by atoms with E-state index in [1.807, 2.05) is 25.9 Å². The molecular weight excluding hydrogens is 194 g/mol. The number of hydrogen-bond donors (Lipinski definition) is 2. The normalized spacial score (nSPS) is 10.9. The SMILES string of the molecule is CCCc1c(O)nc(CN(C)C)[nH]c1=O. The summed E-state index contributed by atoms with van der Waals surface area (Å²) in [6.07, 6.45) is 1.36. The van der Waals surface area contributed by atoms with E-state index in [1.165, 1.54) is 0 Å². The van der Waals surface area contributed by atoms with Crippen molar-refractivity contribution >= 4 is 0 Å². The molecule has 1 heterocycles. The number of aromatic amines is 1. The van der Waals surface area contributed by atoms with Crippen molar-refractivity contribution in [2.24, 2.45) is 0 Å². The van der Waals surface area contributed by atoms with E-state index >= 15 is 0 Å². The zero-order chi connectivity index (χ0) is 11.4. The predicted octanol–water partition coefficient (Wildman–Crippen LogP) is 0.490. The monoisotopic (exact) mass is 211 g/mol. The van der Waals surface area contributed by atoms with Crippen LogP contribution in [0.1, 0.15) is 24.7 Å². The Morgan fingerprint density at radius 2 is 2.13 bits per heavy atom. The maximum Gasteiger partial charge on any atom is 0.257 e. The van der Waals surface area contributed by atoms with Gasteiger partial charge in [-0.1, -0.05) is 13.3 Å². The van der Waals surface area contributed by atoms with Gasteiger partial charge in [-0.05, 0) is 20.5 Å². The first-order chi connectivity index (χ1) is 7.04. The van der Waals surface area contributed by atoms with Crippen LogP contribution in [0.25, 0.3) is 0 Å². The van der Waals surface area contributed by atoms with Gasteiger partial charge in [0, 0.05) is 0 Å². The molecular formula is C10H17N3O2. The minimum atomic E-state index is -0.235. The van der Waals surface area contributed by atoms with Gasteiger partial charge in [-0.15, -0.1) is 0 Å². The molecule has 1 rings (SSSR count). The predicted molar refractivity (Wildman–Crippen MR) is 57.9 cm³/mol. The van der Waals surface area contributed by atoms with Crippen molar-refractivity contribution in [3.8, 4) is 5.88 Å². The summed E-state index contributed by atoms with van der Waals surface area (Å²) < 4.78 is 0. The van der Waals surface area contributed by atoms with Crippen LogP contribution >= 0.6 is 0 Å². The van der Waals surface area contributed by atoms with Gasteiger partial charge in [0.15, 0.2) is 0 Å². The van der Waals surface area contributed by atoms with Crippen LogP contribution in [0.3, 0.4) is 0 Å². The highest BCUT2D eigenvalue weighted by atomic mass is 16.3. The highest BCUT2D eigenvalue weighted by Crippen LogP contribution is 2.10. The van der Waals surface area contributed by atoms with Gasteiger partial charge in [0.2, 0.25) is 5.88 Å². The molecule has 5 heteroatoms. The molecule has 1 aromatic rings. The maximum absolute atomic E-state index is 11.6. The Kier molecular flexibility index (Phi) is 3.85. The Morgan fingerprint density at radius 1 is 1.47 bits per heavy atom. The molecule has 1 aromatic heterocycles. The minimum absolute atomic E-state index is 0.141. The largest absolute Gasteiger partial charge is 0.493 e. The first-order valence-electron chi connectivity index (χ1n) is 5.00. The Balaban J connectivity index is 3.03. The molecule has 0 spiro atoms. The molecule has 0 amide bonds. The van der Waals surface area contributed by atoms with Crippen molar-refractivity contribution in [3.05, 3.63) is 21.7 Å². The molecule has 15 heavy (non-hydrogen) atoms. The standard InChI is InChI=1S/C10H17N3O2/c1-4-5-7-9(14)11-8(6-13(2)3)12-10(7)15/h4-6H2,1-3H3,(H2,11,12,14,15). The van der Waals surface area contributed by atoms with Crippen molar-refractivity contribution < 1.29 is 5.11 Å². The molecule has 0 radical (unpaired) electrons. The third-order valence-electron chi connectivity index (χ3n) is 2.01. The van der Waals surface area contributed by atoms with Crippen molar-refractivity contribution in [2.45, 2.75) is 26.3 Å². The van der Waals surface area contributed by atoms with Gasteiger partial charge < -0.3 is 15.0 Å². The molecule has 0 fully saturated rings. The fourth-order valence-corrected chi connectivity index (χ4v) is 1.38. The first kappa shape index (κ1) is 11.7. The summed E-state index contributed by atoms with van der Waals surface area (Å²) in [4.78, 5) is 20.0. The molecule has 0 saturated carbocycles. The second kappa shape index (κ2) is 4.93. The average Bonchev–Trinajstić information content (AvgIpc) is 2.10. The minimum Gasteiger partial charge on any atom is -0.493 e. The van der Waals surface area contributed by atoms with Crippen LogP contribution in [0, 0.1) is 0 Å². The number of nitrogens with zero attached hydrogens (tertiary/aromatic N) is 2. The lowest BCUT2D eigenvalue weighted by molar-refractivity contribution is 0.379. The van der Waals surface area contributed by atoms with Gasteiger partial charge in [-0.25, -0.2) is 0 Å². The van der Waals surface area contributed by atoms with Crippen molar-refractivity contribution in [3.63, 3.8) is 0 Å². The molecule has 0 aliphatic heterocycles. The van der Waals surface area contributed by atoms with Crippen LogP contribution < -0.4 is 5.56 Å². The van der Waals surface area contributed by atoms with E-state index in [1.54, 1.807) is 0 Å². The van der Waals surface area contributed by atoms with Crippen LogP contribution in [0.5, 0.6) is 5.88 Å². The molecule has 0 aliphatic rings. The Hall–Kier alpha value is -1.36. The molecule has 0 unspecified atom stereocenters. The van der Waals surface area contributed by atoms with Gasteiger partial charge in [0.25, 0.3) is 5.56 Å². The Bertz CT molecular complexity index is 385. The van der Waals surface area contributed by atoms with E-state index in [-0.39, 0.29) is 11.4 Å². The van der Waals surface area contributed by atoms with Crippen LogP contribution in [0.4, 0.5) is 0 Å². The number of hydrogen-bond acceptors (Lipinski definition) is 4. The molecule has 0 aromatic carbocycles. The van der Waals surface area contributed by atoms with E-state index < -0.39 is 0 Å². The topological polar surface area (TPSA) is 69.2 Å². The number of rotatable bonds is 4. The van der Waals surface area contributed by atoms with E-state index in [2.05, 4.69) is 9.97 Å². The van der Waals surface area contributed by atoms with Gasteiger partial charge in [0.05, 0.1) is 12.1 Å². The van der Waals surface area contributed by atoms with Gasteiger partial charge in [0.1, 0.15) is 5.82 Å². The third kappa shape index (κ3) is 3.06. The summed E-state index contributed by atoms with van der Waals surface area (Å²) in [5.74, 6) is 0.347. The summed E-state index contributed by atoms with van der Waals surface area (Å²) in [5.41, 5.74) is 0.140. The van der Waals surface area contributed by atoms with E-state index in [0.717, 1.165) is 6.42 Å². The number of nitrogens with one attached hydrogen (secondary N) is 1. The van der Waals surface area contributed by atoms with E-state index in [0.29, 0.717) is 24.4 Å². The van der Waals surface area contributed by atoms with Crippen LogP contribution in [0.2, 0.25) is 0 Å². The molecule has 0 bridgehead atoms. The highest BCUT2D eigenvalue weighted by Gasteiger charge is 2.09. The summed E-state index contributed by atoms with van der Waals surface area (Å²) in [6, 6.07) is 0. The van der Waals surface area contributed by atoms with Gasteiger partial charge >= 0.3 is 0 Å². The number of aromatic nitrogens is 2. The fraction of sp³-hybridized carbons (Fsp3) is 0.600. The zero-order valence-corrected chi connectivity index (χ0v) is 9.37. The third-order valence-corrected chi connectivity index (χ3v) is 2.01. The van der Waals surface area contributed by atoms with Gasteiger partial charge in [-0.2, -0.15) is 4.98 Å². The Labute approximate surface area is 88.8 Å². The number of H-pyrrole nitrogens is 1. The van der Waals surface area contributed by atoms with Gasteiger partial charge in [-0.3, -0.25) is 4.79 Å². The van der Waals surface area contributed by atoms with E-state index in [4.69, 9.17) is 0 Å². The molecule has 0 aliphatic carbocycles. The second-order valence-corrected chi connectivity index (χ2v) is 3.80. The molecule has 5 nitrogen and oxygen atoms in total. The Morgan fingerprint density at radius 3 is 2.60 bits per heavy atom. The second-order valence-electron chi connectivity index (χ2n) is 3.80. The molecule has 2 N–H and O–H groups in total. The summed E-state index contributed by atoms with van der Waals surface area (Å²) in [7, 11) is 3.74. The maximum atomic E-state index is 11.6. The lowest BCUT2D eigenvalue weighted by Gasteiger charge is -2.09. The molecule has 0 atom stereocenters. The molecule has 84 valence electrons. The fourth-order valence-electron chi connectivity index (χ4n) is 1.38. The average molecular weight is 211 g/mol. The molecule has 0 saturated heterocycles. The smallest absolute Gasteiger partial charge is 0.257 e. The highest BCUT2D eigenvalue weighted by molar-refractivity contribution is 5.22. The zero-order valence-electron chi connectivity index (χ0n) is 9.37. The van der Waals surface area contributed by atoms with Crippen molar-refractivity contribution in [1.29, 1.82) is 0 Å². The first-order valence-corrected chi connectivity index (χ1v) is 5.00.